The summed E-state index contributed by atoms with van der Waals surface area (Å²) in [5.74, 6) is 0. The van der Waals surface area contributed by atoms with Gasteiger partial charge in [0.15, 0.2) is 0 Å². The van der Waals surface area contributed by atoms with Gasteiger partial charge in [-0.15, -0.1) is 0 Å². The van der Waals surface area contributed by atoms with Crippen molar-refractivity contribution < 1.29 is 4.92 Å². The molecule has 0 aliphatic rings. The Kier molecular flexibility index (Phi) is 4.58. The van der Waals surface area contributed by atoms with Crippen LogP contribution in [0.2, 0.25) is 0 Å². The van der Waals surface area contributed by atoms with E-state index in [9.17, 15) is 10.1 Å². The number of hydrogen-bond donors (Lipinski definition) is 0. The second-order valence-electron chi connectivity index (χ2n) is 2.93. The van der Waals surface area contributed by atoms with Crippen LogP contribution in [0.15, 0.2) is 29.2 Å². The molecule has 0 radical (unpaired) electrons. The average molecular weight is 226 g/mol. The lowest BCUT2D eigenvalue weighted by molar-refractivity contribution is -0.387. The van der Waals surface area contributed by atoms with Gasteiger partial charge in [0, 0.05) is 19.2 Å². The summed E-state index contributed by atoms with van der Waals surface area (Å²) >= 11 is 1.44. The highest BCUT2D eigenvalue weighted by atomic mass is 32.2. The van der Waals surface area contributed by atoms with Crippen LogP contribution in [-0.2, 0) is 0 Å². The molecule has 0 heterocycles. The molecule has 0 fully saturated rings. The molecule has 1 aromatic rings. The first kappa shape index (κ1) is 12.0. The number of nitro benzene ring substituents is 1. The van der Waals surface area contributed by atoms with E-state index in [1.54, 1.807) is 12.1 Å². The van der Waals surface area contributed by atoms with Gasteiger partial charge in [0.05, 0.1) is 4.92 Å². The van der Waals surface area contributed by atoms with E-state index in [0.717, 1.165) is 13.1 Å². The van der Waals surface area contributed by atoms with Crippen LogP contribution in [-0.4, -0.2) is 22.3 Å². The molecule has 0 unspecified atom stereocenters. The molecule has 0 aromatic heterocycles. The Labute approximate surface area is 93.6 Å². The third kappa shape index (κ3) is 3.21. The van der Waals surface area contributed by atoms with E-state index < -0.39 is 0 Å². The topological polar surface area (TPSA) is 46.4 Å². The molecule has 0 spiro atoms. The Hall–Kier alpha value is -1.07. The van der Waals surface area contributed by atoms with Crippen molar-refractivity contribution in [3.63, 3.8) is 0 Å². The first-order chi connectivity index (χ1) is 7.19. The van der Waals surface area contributed by atoms with E-state index in [2.05, 4.69) is 4.31 Å². The molecule has 15 heavy (non-hydrogen) atoms. The zero-order valence-corrected chi connectivity index (χ0v) is 9.66. The average Bonchev–Trinajstić information content (AvgIpc) is 2.26. The molecule has 0 saturated carbocycles. The highest BCUT2D eigenvalue weighted by Crippen LogP contribution is 2.30. The van der Waals surface area contributed by atoms with Gasteiger partial charge in [-0.2, -0.15) is 0 Å². The van der Waals surface area contributed by atoms with E-state index in [1.807, 2.05) is 19.9 Å². The SMILES string of the molecule is CCN(CC)Sc1ccccc1[N+](=O)[O-]. The number of rotatable bonds is 5. The van der Waals surface area contributed by atoms with Crippen molar-refractivity contribution >= 4 is 17.6 Å². The minimum Gasteiger partial charge on any atom is -0.258 e. The fourth-order valence-electron chi connectivity index (χ4n) is 1.18. The fraction of sp³-hybridized carbons (Fsp3) is 0.400. The van der Waals surface area contributed by atoms with Crippen molar-refractivity contribution in [2.24, 2.45) is 0 Å². The summed E-state index contributed by atoms with van der Waals surface area (Å²) in [6.45, 7) is 5.80. The minimum absolute atomic E-state index is 0.175. The highest BCUT2D eigenvalue weighted by Gasteiger charge is 2.14. The molecule has 0 atom stereocenters. The lowest BCUT2D eigenvalue weighted by Crippen LogP contribution is -2.13. The van der Waals surface area contributed by atoms with Gasteiger partial charge in [-0.25, -0.2) is 4.31 Å². The summed E-state index contributed by atoms with van der Waals surface area (Å²) in [5.41, 5.74) is 0.175. The molecular weight excluding hydrogens is 212 g/mol. The first-order valence-corrected chi connectivity index (χ1v) is 5.62. The summed E-state index contributed by atoms with van der Waals surface area (Å²) in [5, 5.41) is 10.8. The number of hydrogen-bond acceptors (Lipinski definition) is 4. The number of nitro groups is 1. The van der Waals surface area contributed by atoms with Gasteiger partial charge >= 0.3 is 0 Å². The predicted molar refractivity (Wildman–Crippen MR) is 61.9 cm³/mol. The first-order valence-electron chi connectivity index (χ1n) is 4.85. The summed E-state index contributed by atoms with van der Waals surface area (Å²) < 4.78 is 2.07. The monoisotopic (exact) mass is 226 g/mol. The number of para-hydroxylation sites is 1. The molecule has 4 nitrogen and oxygen atoms in total. The molecule has 1 rings (SSSR count). The normalized spacial score (nSPS) is 10.6. The van der Waals surface area contributed by atoms with E-state index in [1.165, 1.54) is 18.0 Å². The fourth-order valence-corrected chi connectivity index (χ4v) is 2.09. The maximum Gasteiger partial charge on any atom is 0.284 e. The van der Waals surface area contributed by atoms with Gasteiger partial charge in [-0.3, -0.25) is 10.1 Å². The molecule has 0 N–H and O–H groups in total. The Morgan fingerprint density at radius 1 is 1.33 bits per heavy atom. The van der Waals surface area contributed by atoms with Gasteiger partial charge < -0.3 is 0 Å². The molecular formula is C10H14N2O2S. The van der Waals surface area contributed by atoms with E-state index in [-0.39, 0.29) is 10.6 Å². The Bertz CT molecular complexity index is 340. The molecule has 0 aliphatic carbocycles. The highest BCUT2D eigenvalue weighted by molar-refractivity contribution is 7.97. The van der Waals surface area contributed by atoms with E-state index in [4.69, 9.17) is 0 Å². The third-order valence-electron chi connectivity index (χ3n) is 1.99. The van der Waals surface area contributed by atoms with Crippen LogP contribution in [0.4, 0.5) is 5.69 Å². The minimum atomic E-state index is -0.341. The second kappa shape index (κ2) is 5.72. The molecule has 0 amide bonds. The second-order valence-corrected chi connectivity index (χ2v) is 4.07. The van der Waals surface area contributed by atoms with Crippen molar-refractivity contribution in [1.82, 2.24) is 4.31 Å². The number of benzene rings is 1. The summed E-state index contributed by atoms with van der Waals surface area (Å²) in [6.07, 6.45) is 0. The summed E-state index contributed by atoms with van der Waals surface area (Å²) in [4.78, 5) is 11.1. The molecule has 0 saturated heterocycles. The molecule has 1 aromatic carbocycles. The summed E-state index contributed by atoms with van der Waals surface area (Å²) in [7, 11) is 0. The maximum absolute atomic E-state index is 10.8. The van der Waals surface area contributed by atoms with Crippen LogP contribution in [0.1, 0.15) is 13.8 Å². The number of nitrogens with zero attached hydrogens (tertiary/aromatic N) is 2. The molecule has 5 heteroatoms. The maximum atomic E-state index is 10.8. The van der Waals surface area contributed by atoms with Crippen LogP contribution < -0.4 is 0 Å². The lowest BCUT2D eigenvalue weighted by Gasteiger charge is -2.16. The molecule has 0 aliphatic heterocycles. The van der Waals surface area contributed by atoms with Crippen LogP contribution in [0.25, 0.3) is 0 Å². The van der Waals surface area contributed by atoms with Gasteiger partial charge in [0.1, 0.15) is 4.90 Å². The Balaban J connectivity index is 2.88. The van der Waals surface area contributed by atoms with Crippen LogP contribution >= 0.6 is 11.9 Å². The van der Waals surface area contributed by atoms with Crippen LogP contribution in [0.5, 0.6) is 0 Å². The standard InChI is InChI=1S/C10H14N2O2S/c1-3-11(4-2)15-10-8-6-5-7-9(10)12(13)14/h5-8H,3-4H2,1-2H3. The van der Waals surface area contributed by atoms with Crippen molar-refractivity contribution in [3.8, 4) is 0 Å². The quantitative estimate of drug-likeness (QED) is 0.440. The largest absolute Gasteiger partial charge is 0.284 e. The predicted octanol–water partition coefficient (Wildman–Crippen LogP) is 2.94. The van der Waals surface area contributed by atoms with Crippen molar-refractivity contribution in [3.05, 3.63) is 34.4 Å². The van der Waals surface area contributed by atoms with Gasteiger partial charge in [0.25, 0.3) is 5.69 Å². The van der Waals surface area contributed by atoms with Crippen molar-refractivity contribution in [1.29, 1.82) is 0 Å². The lowest BCUT2D eigenvalue weighted by atomic mass is 10.3. The molecule has 0 bridgehead atoms. The molecule has 82 valence electrons. The van der Waals surface area contributed by atoms with Gasteiger partial charge in [-0.05, 0) is 18.0 Å². The Morgan fingerprint density at radius 3 is 2.47 bits per heavy atom. The Morgan fingerprint density at radius 2 is 1.93 bits per heavy atom. The van der Waals surface area contributed by atoms with Crippen LogP contribution in [0.3, 0.4) is 0 Å². The third-order valence-corrected chi connectivity index (χ3v) is 3.31. The van der Waals surface area contributed by atoms with Gasteiger partial charge in [0.2, 0.25) is 0 Å². The van der Waals surface area contributed by atoms with Crippen molar-refractivity contribution in [2.75, 3.05) is 13.1 Å². The zero-order valence-electron chi connectivity index (χ0n) is 8.84. The van der Waals surface area contributed by atoms with E-state index in [0.29, 0.717) is 4.90 Å². The van der Waals surface area contributed by atoms with Crippen LogP contribution in [0, 0.1) is 10.1 Å². The zero-order chi connectivity index (χ0) is 11.3. The van der Waals surface area contributed by atoms with Crippen molar-refractivity contribution in [2.45, 2.75) is 18.7 Å². The summed E-state index contributed by atoms with van der Waals surface area (Å²) in [6, 6.07) is 6.82. The van der Waals surface area contributed by atoms with E-state index >= 15 is 0 Å². The smallest absolute Gasteiger partial charge is 0.258 e. The van der Waals surface area contributed by atoms with Gasteiger partial charge in [-0.1, -0.05) is 26.0 Å².